The summed E-state index contributed by atoms with van der Waals surface area (Å²) in [5.41, 5.74) is 2.27. The monoisotopic (exact) mass is 465 g/mol. The number of aliphatic imine (C=N–C) groups is 1. The fraction of sp³-hybridized carbons (Fsp3) is 0.357. The molecule has 1 fully saturated rings. The summed E-state index contributed by atoms with van der Waals surface area (Å²) in [6, 6.07) is 13.4. The molecule has 1 aliphatic heterocycles. The van der Waals surface area contributed by atoms with Crippen molar-refractivity contribution in [2.24, 2.45) is 4.99 Å². The van der Waals surface area contributed by atoms with E-state index in [0.29, 0.717) is 23.6 Å². The van der Waals surface area contributed by atoms with Crippen LogP contribution in [-0.2, 0) is 4.79 Å². The number of ether oxygens (including phenoxy) is 1. The number of allylic oxidation sites excluding steroid dienone is 1. The average Bonchev–Trinajstić information content (AvgIpc) is 3.38. The van der Waals surface area contributed by atoms with Gasteiger partial charge in [-0.05, 0) is 87.0 Å². The first-order chi connectivity index (χ1) is 16.5. The summed E-state index contributed by atoms with van der Waals surface area (Å²) in [6.45, 7) is 9.59. The average molecular weight is 466 g/mol. The van der Waals surface area contributed by atoms with Crippen LogP contribution in [0.15, 0.2) is 71.2 Å². The summed E-state index contributed by atoms with van der Waals surface area (Å²) in [7, 11) is 1.71. The van der Waals surface area contributed by atoms with Crippen molar-refractivity contribution in [3.05, 3.63) is 77.6 Å². The van der Waals surface area contributed by atoms with E-state index < -0.39 is 0 Å². The number of halogens is 1. The Morgan fingerprint density at radius 1 is 1.06 bits per heavy atom. The largest absolute Gasteiger partial charge is 0.457 e. The van der Waals surface area contributed by atoms with Crippen molar-refractivity contribution < 1.29 is 13.9 Å². The van der Waals surface area contributed by atoms with Gasteiger partial charge in [0.25, 0.3) is 5.91 Å². The molecule has 2 aromatic carbocycles. The van der Waals surface area contributed by atoms with Crippen molar-refractivity contribution in [1.29, 1.82) is 0 Å². The van der Waals surface area contributed by atoms with Crippen LogP contribution in [0.25, 0.3) is 6.08 Å². The maximum absolute atomic E-state index is 13.0. The minimum absolute atomic E-state index is 0.111. The molecule has 1 saturated heterocycles. The highest BCUT2D eigenvalue weighted by Gasteiger charge is 2.12. The molecule has 0 unspecified atom stereocenters. The van der Waals surface area contributed by atoms with Crippen molar-refractivity contribution in [2.45, 2.75) is 33.6 Å². The minimum Gasteiger partial charge on any atom is -0.457 e. The summed E-state index contributed by atoms with van der Waals surface area (Å²) in [4.78, 5) is 19.2. The van der Waals surface area contributed by atoms with E-state index in [1.807, 2.05) is 51.1 Å². The van der Waals surface area contributed by atoms with Crippen molar-refractivity contribution in [1.82, 2.24) is 10.2 Å². The summed E-state index contributed by atoms with van der Waals surface area (Å²) < 4.78 is 18.7. The van der Waals surface area contributed by atoms with Crippen molar-refractivity contribution in [3.8, 4) is 11.5 Å². The Balaban J connectivity index is 0.00000199. The Labute approximate surface area is 203 Å². The van der Waals surface area contributed by atoms with Crippen LogP contribution in [0.4, 0.5) is 4.39 Å². The molecule has 1 aliphatic rings. The second-order valence-corrected chi connectivity index (χ2v) is 7.73. The summed E-state index contributed by atoms with van der Waals surface area (Å²) in [5.74, 6) is 0.808. The van der Waals surface area contributed by atoms with Gasteiger partial charge in [0.05, 0.1) is 0 Å². The van der Waals surface area contributed by atoms with Crippen LogP contribution in [0.3, 0.4) is 0 Å². The van der Waals surface area contributed by atoms with E-state index in [1.54, 1.807) is 31.3 Å². The predicted octanol–water partition coefficient (Wildman–Crippen LogP) is 5.89. The molecule has 0 radical (unpaired) electrons. The molecule has 0 aromatic heterocycles. The zero-order chi connectivity index (χ0) is 24.8. The molecule has 1 N–H and O–H groups in total. The minimum atomic E-state index is -0.301. The van der Waals surface area contributed by atoms with Gasteiger partial charge >= 0.3 is 0 Å². The summed E-state index contributed by atoms with van der Waals surface area (Å²) in [5, 5.41) is 3.01. The van der Waals surface area contributed by atoms with Crippen LogP contribution in [-0.4, -0.2) is 49.7 Å². The fourth-order valence-electron chi connectivity index (χ4n) is 3.39. The van der Waals surface area contributed by atoms with Crippen LogP contribution >= 0.6 is 0 Å². The summed E-state index contributed by atoms with van der Waals surface area (Å²) >= 11 is 0. The second-order valence-electron chi connectivity index (χ2n) is 7.73. The number of nitrogens with zero attached hydrogens (tertiary/aromatic N) is 2. The number of nitrogens with one attached hydrogen (secondary N) is 1. The lowest BCUT2D eigenvalue weighted by Gasteiger charge is -2.15. The van der Waals surface area contributed by atoms with Gasteiger partial charge < -0.3 is 15.0 Å². The first kappa shape index (κ1) is 27.0. The molecular weight excluding hydrogens is 429 g/mol. The molecule has 1 amide bonds. The van der Waals surface area contributed by atoms with E-state index in [0.717, 1.165) is 30.9 Å². The van der Waals surface area contributed by atoms with E-state index in [4.69, 9.17) is 4.74 Å². The number of likely N-dealkylation sites (tertiary alicyclic amines) is 1. The number of rotatable bonds is 9. The van der Waals surface area contributed by atoms with Gasteiger partial charge in [-0.1, -0.05) is 32.1 Å². The van der Waals surface area contributed by atoms with Gasteiger partial charge in [0.1, 0.15) is 17.3 Å². The van der Waals surface area contributed by atoms with Gasteiger partial charge in [-0.25, -0.2) is 4.39 Å². The SMILES string of the molecule is CC.CN=C(C)/C=C(\C=C\c1ccc(Oc2ccc(F)cc2)cc1)C(=O)NCCN1CCCC1. The van der Waals surface area contributed by atoms with E-state index in [9.17, 15) is 9.18 Å². The van der Waals surface area contributed by atoms with Gasteiger partial charge in [0, 0.05) is 31.4 Å². The van der Waals surface area contributed by atoms with Crippen molar-refractivity contribution >= 4 is 17.7 Å². The Morgan fingerprint density at radius 3 is 2.24 bits per heavy atom. The molecule has 2 aromatic rings. The van der Waals surface area contributed by atoms with Gasteiger partial charge in [-0.2, -0.15) is 0 Å². The molecule has 5 nitrogen and oxygen atoms in total. The predicted molar refractivity (Wildman–Crippen MR) is 139 cm³/mol. The maximum Gasteiger partial charge on any atom is 0.251 e. The van der Waals surface area contributed by atoms with Crippen molar-refractivity contribution in [3.63, 3.8) is 0 Å². The quantitative estimate of drug-likeness (QED) is 0.286. The van der Waals surface area contributed by atoms with Gasteiger partial charge in [-0.3, -0.25) is 9.79 Å². The molecule has 0 bridgehead atoms. The topological polar surface area (TPSA) is 53.9 Å². The maximum atomic E-state index is 13.0. The second kappa shape index (κ2) is 14.8. The normalized spacial score (nSPS) is 14.6. The first-order valence-corrected chi connectivity index (χ1v) is 11.9. The van der Waals surface area contributed by atoms with E-state index >= 15 is 0 Å². The Morgan fingerprint density at radius 2 is 1.65 bits per heavy atom. The molecule has 0 saturated carbocycles. The lowest BCUT2D eigenvalue weighted by molar-refractivity contribution is -0.117. The van der Waals surface area contributed by atoms with E-state index in [1.165, 1.54) is 25.0 Å². The lowest BCUT2D eigenvalue weighted by atomic mass is 10.1. The third kappa shape index (κ3) is 9.32. The molecule has 3 rings (SSSR count). The zero-order valence-corrected chi connectivity index (χ0v) is 20.7. The first-order valence-electron chi connectivity index (χ1n) is 11.9. The zero-order valence-electron chi connectivity index (χ0n) is 20.7. The number of hydrogen-bond acceptors (Lipinski definition) is 4. The third-order valence-corrected chi connectivity index (χ3v) is 5.28. The van der Waals surface area contributed by atoms with E-state index in [-0.39, 0.29) is 11.7 Å². The Hall–Kier alpha value is -3.25. The highest BCUT2D eigenvalue weighted by molar-refractivity contribution is 6.05. The number of amides is 1. The lowest BCUT2D eigenvalue weighted by Crippen LogP contribution is -2.34. The van der Waals surface area contributed by atoms with Crippen LogP contribution < -0.4 is 10.1 Å². The molecule has 6 heteroatoms. The van der Waals surface area contributed by atoms with Crippen LogP contribution in [0, 0.1) is 5.82 Å². The van der Waals surface area contributed by atoms with Gasteiger partial charge in [-0.15, -0.1) is 0 Å². The molecule has 182 valence electrons. The van der Waals surface area contributed by atoms with Gasteiger partial charge in [0.15, 0.2) is 0 Å². The number of hydrogen-bond donors (Lipinski definition) is 1. The number of carbonyl (C=O) groups is 1. The number of carbonyl (C=O) groups excluding carboxylic acids is 1. The third-order valence-electron chi connectivity index (χ3n) is 5.28. The molecule has 0 aliphatic carbocycles. The smallest absolute Gasteiger partial charge is 0.251 e. The molecule has 34 heavy (non-hydrogen) atoms. The molecule has 0 spiro atoms. The molecular formula is C28H36FN3O2. The molecule has 1 heterocycles. The molecule has 0 atom stereocenters. The highest BCUT2D eigenvalue weighted by Crippen LogP contribution is 2.22. The van der Waals surface area contributed by atoms with Crippen LogP contribution in [0.1, 0.15) is 39.2 Å². The highest BCUT2D eigenvalue weighted by atomic mass is 19.1. The van der Waals surface area contributed by atoms with Crippen LogP contribution in [0.2, 0.25) is 0 Å². The van der Waals surface area contributed by atoms with Gasteiger partial charge in [0.2, 0.25) is 0 Å². The van der Waals surface area contributed by atoms with Crippen molar-refractivity contribution in [2.75, 3.05) is 33.2 Å². The summed E-state index contributed by atoms with van der Waals surface area (Å²) in [6.07, 6.45) is 7.95. The standard InChI is InChI=1S/C26H30FN3O2.C2H6/c1-20(28-2)19-22(26(31)29-15-18-30-16-3-4-17-30)8-5-21-6-11-24(12-7-21)32-25-13-9-23(27)10-14-25;1-2/h5-14,19H,3-4,15-18H2,1-2H3,(H,29,31);1-2H3/b8-5+,22-19+,28-20?;. The van der Waals surface area contributed by atoms with Crippen LogP contribution in [0.5, 0.6) is 11.5 Å². The van der Waals surface area contributed by atoms with E-state index in [2.05, 4.69) is 15.2 Å². The Kier molecular flexibility index (Phi) is 11.8. The number of benzene rings is 2. The Bertz CT molecular complexity index is 974. The fourth-order valence-corrected chi connectivity index (χ4v) is 3.39.